The van der Waals surface area contributed by atoms with Crippen LogP contribution in [0.5, 0.6) is 0 Å². The SMILES string of the molecule is CCCNc1cncc(-c2cccc(F)c2)n1. The topological polar surface area (TPSA) is 37.8 Å². The van der Waals surface area contributed by atoms with Crippen molar-refractivity contribution in [2.75, 3.05) is 11.9 Å². The van der Waals surface area contributed by atoms with Crippen LogP contribution in [-0.4, -0.2) is 16.5 Å². The summed E-state index contributed by atoms with van der Waals surface area (Å²) in [4.78, 5) is 8.48. The molecule has 0 aliphatic rings. The van der Waals surface area contributed by atoms with Gasteiger partial charge in [0.15, 0.2) is 0 Å². The molecule has 0 saturated carbocycles. The van der Waals surface area contributed by atoms with Crippen LogP contribution in [0.2, 0.25) is 0 Å². The van der Waals surface area contributed by atoms with Crippen LogP contribution in [0.1, 0.15) is 13.3 Å². The Labute approximate surface area is 99.7 Å². The Bertz CT molecular complexity index is 500. The van der Waals surface area contributed by atoms with Crippen LogP contribution >= 0.6 is 0 Å². The third kappa shape index (κ3) is 3.00. The summed E-state index contributed by atoms with van der Waals surface area (Å²) in [6.07, 6.45) is 4.32. The summed E-state index contributed by atoms with van der Waals surface area (Å²) in [5.74, 6) is 0.449. The molecular weight excluding hydrogens is 217 g/mol. The molecule has 0 spiro atoms. The predicted octanol–water partition coefficient (Wildman–Crippen LogP) is 3.10. The molecule has 0 aliphatic heterocycles. The Morgan fingerprint density at radius 2 is 2.18 bits per heavy atom. The third-order valence-corrected chi connectivity index (χ3v) is 2.31. The highest BCUT2D eigenvalue weighted by Gasteiger charge is 2.02. The molecular formula is C13H14FN3. The first-order chi connectivity index (χ1) is 8.29. The minimum Gasteiger partial charge on any atom is -0.369 e. The van der Waals surface area contributed by atoms with Crippen LogP contribution in [0.25, 0.3) is 11.3 Å². The lowest BCUT2D eigenvalue weighted by Crippen LogP contribution is -2.02. The number of halogens is 1. The van der Waals surface area contributed by atoms with E-state index in [-0.39, 0.29) is 5.82 Å². The quantitative estimate of drug-likeness (QED) is 0.878. The first kappa shape index (κ1) is 11.5. The Morgan fingerprint density at radius 3 is 2.94 bits per heavy atom. The standard InChI is InChI=1S/C13H14FN3/c1-2-6-16-13-9-15-8-12(17-13)10-4-3-5-11(14)7-10/h3-5,7-9H,2,6H2,1H3,(H,16,17). The number of aromatic nitrogens is 2. The highest BCUT2D eigenvalue weighted by atomic mass is 19.1. The first-order valence-electron chi connectivity index (χ1n) is 5.61. The van der Waals surface area contributed by atoms with Gasteiger partial charge in [-0.25, -0.2) is 9.37 Å². The number of nitrogens with one attached hydrogen (secondary N) is 1. The molecule has 4 heteroatoms. The van der Waals surface area contributed by atoms with Gasteiger partial charge in [0.25, 0.3) is 0 Å². The van der Waals surface area contributed by atoms with Crippen molar-refractivity contribution in [1.82, 2.24) is 9.97 Å². The van der Waals surface area contributed by atoms with Crippen molar-refractivity contribution in [2.24, 2.45) is 0 Å². The van der Waals surface area contributed by atoms with E-state index < -0.39 is 0 Å². The summed E-state index contributed by atoms with van der Waals surface area (Å²) >= 11 is 0. The largest absolute Gasteiger partial charge is 0.369 e. The molecule has 0 bridgehead atoms. The lowest BCUT2D eigenvalue weighted by Gasteiger charge is -2.05. The van der Waals surface area contributed by atoms with Gasteiger partial charge in [-0.15, -0.1) is 0 Å². The molecule has 88 valence electrons. The average Bonchev–Trinajstić information content (AvgIpc) is 2.37. The molecule has 1 heterocycles. The predicted molar refractivity (Wildman–Crippen MR) is 66.2 cm³/mol. The van der Waals surface area contributed by atoms with Crippen LogP contribution in [0, 0.1) is 5.82 Å². The van der Waals surface area contributed by atoms with Gasteiger partial charge in [-0.3, -0.25) is 4.98 Å². The molecule has 0 aliphatic carbocycles. The van der Waals surface area contributed by atoms with E-state index in [1.54, 1.807) is 18.5 Å². The zero-order chi connectivity index (χ0) is 12.1. The minimum absolute atomic E-state index is 0.267. The summed E-state index contributed by atoms with van der Waals surface area (Å²) < 4.78 is 13.1. The van der Waals surface area contributed by atoms with E-state index in [9.17, 15) is 4.39 Å². The molecule has 0 atom stereocenters. The fourth-order valence-electron chi connectivity index (χ4n) is 1.49. The zero-order valence-corrected chi connectivity index (χ0v) is 9.65. The van der Waals surface area contributed by atoms with Gasteiger partial charge in [0, 0.05) is 12.1 Å². The van der Waals surface area contributed by atoms with E-state index >= 15 is 0 Å². The van der Waals surface area contributed by atoms with E-state index in [0.29, 0.717) is 11.5 Å². The number of nitrogens with zero attached hydrogens (tertiary/aromatic N) is 2. The van der Waals surface area contributed by atoms with Crippen molar-refractivity contribution in [2.45, 2.75) is 13.3 Å². The Kier molecular flexibility index (Phi) is 3.65. The van der Waals surface area contributed by atoms with Gasteiger partial charge in [0.2, 0.25) is 0 Å². The van der Waals surface area contributed by atoms with E-state index in [2.05, 4.69) is 22.2 Å². The normalized spacial score (nSPS) is 10.2. The number of hydrogen-bond acceptors (Lipinski definition) is 3. The van der Waals surface area contributed by atoms with E-state index in [1.807, 2.05) is 6.07 Å². The molecule has 1 N–H and O–H groups in total. The summed E-state index contributed by atoms with van der Waals surface area (Å²) in [7, 11) is 0. The maximum Gasteiger partial charge on any atom is 0.145 e. The number of benzene rings is 1. The molecule has 0 amide bonds. The van der Waals surface area contributed by atoms with Crippen LogP contribution in [0.3, 0.4) is 0 Å². The van der Waals surface area contributed by atoms with Gasteiger partial charge in [-0.05, 0) is 18.6 Å². The fourth-order valence-corrected chi connectivity index (χ4v) is 1.49. The molecule has 2 aromatic rings. The smallest absolute Gasteiger partial charge is 0.145 e. The molecule has 1 aromatic heterocycles. The Hall–Kier alpha value is -1.97. The Balaban J connectivity index is 2.26. The molecule has 17 heavy (non-hydrogen) atoms. The fraction of sp³-hybridized carbons (Fsp3) is 0.231. The number of anilines is 1. The lowest BCUT2D eigenvalue weighted by molar-refractivity contribution is 0.628. The summed E-state index contributed by atoms with van der Waals surface area (Å²) in [5.41, 5.74) is 1.41. The summed E-state index contributed by atoms with van der Waals surface area (Å²) in [5, 5.41) is 3.15. The summed E-state index contributed by atoms with van der Waals surface area (Å²) in [6, 6.07) is 6.35. The van der Waals surface area contributed by atoms with Crippen LogP contribution < -0.4 is 5.32 Å². The average molecular weight is 231 g/mol. The van der Waals surface area contributed by atoms with Crippen molar-refractivity contribution in [3.8, 4) is 11.3 Å². The van der Waals surface area contributed by atoms with Gasteiger partial charge in [0.1, 0.15) is 11.6 Å². The highest BCUT2D eigenvalue weighted by Crippen LogP contribution is 2.18. The highest BCUT2D eigenvalue weighted by molar-refractivity contribution is 5.59. The van der Waals surface area contributed by atoms with Gasteiger partial charge in [-0.2, -0.15) is 0 Å². The lowest BCUT2D eigenvalue weighted by atomic mass is 10.1. The Morgan fingerprint density at radius 1 is 1.29 bits per heavy atom. The molecule has 2 rings (SSSR count). The molecule has 0 radical (unpaired) electrons. The second-order valence-electron chi connectivity index (χ2n) is 3.73. The van der Waals surface area contributed by atoms with Crippen molar-refractivity contribution in [3.05, 3.63) is 42.5 Å². The van der Waals surface area contributed by atoms with Gasteiger partial charge < -0.3 is 5.32 Å². The maximum atomic E-state index is 13.1. The van der Waals surface area contributed by atoms with E-state index in [1.165, 1.54) is 12.1 Å². The van der Waals surface area contributed by atoms with Crippen molar-refractivity contribution in [1.29, 1.82) is 0 Å². The molecule has 3 nitrogen and oxygen atoms in total. The van der Waals surface area contributed by atoms with Crippen molar-refractivity contribution >= 4 is 5.82 Å². The minimum atomic E-state index is -0.267. The molecule has 0 saturated heterocycles. The number of rotatable bonds is 4. The second-order valence-corrected chi connectivity index (χ2v) is 3.73. The van der Waals surface area contributed by atoms with E-state index in [4.69, 9.17) is 0 Å². The number of hydrogen-bond donors (Lipinski definition) is 1. The van der Waals surface area contributed by atoms with E-state index in [0.717, 1.165) is 18.5 Å². The monoisotopic (exact) mass is 231 g/mol. The van der Waals surface area contributed by atoms with Gasteiger partial charge in [-0.1, -0.05) is 19.1 Å². The molecule has 0 fully saturated rings. The van der Waals surface area contributed by atoms with Crippen LogP contribution in [-0.2, 0) is 0 Å². The van der Waals surface area contributed by atoms with Gasteiger partial charge in [0.05, 0.1) is 18.1 Å². The zero-order valence-electron chi connectivity index (χ0n) is 9.65. The molecule has 0 unspecified atom stereocenters. The van der Waals surface area contributed by atoms with Crippen molar-refractivity contribution < 1.29 is 4.39 Å². The summed E-state index contributed by atoms with van der Waals surface area (Å²) in [6.45, 7) is 2.93. The first-order valence-corrected chi connectivity index (χ1v) is 5.61. The molecule has 1 aromatic carbocycles. The van der Waals surface area contributed by atoms with Gasteiger partial charge >= 0.3 is 0 Å². The van der Waals surface area contributed by atoms with Crippen LogP contribution in [0.15, 0.2) is 36.7 Å². The maximum absolute atomic E-state index is 13.1. The second kappa shape index (κ2) is 5.39. The third-order valence-electron chi connectivity index (χ3n) is 2.31. The van der Waals surface area contributed by atoms with Crippen LogP contribution in [0.4, 0.5) is 10.2 Å². The van der Waals surface area contributed by atoms with Crippen molar-refractivity contribution in [3.63, 3.8) is 0 Å².